The normalized spacial score (nSPS) is 14.2. The minimum atomic E-state index is -0.507. The van der Waals surface area contributed by atoms with Crippen molar-refractivity contribution in [2.45, 2.75) is 6.92 Å². The molecule has 9 heteroatoms. The summed E-state index contributed by atoms with van der Waals surface area (Å²) < 4.78 is 5.31. The lowest BCUT2D eigenvalue weighted by atomic mass is 10.1. The number of carbonyl (C=O) groups excluding carboxylic acids is 1. The number of nitro benzene ring substituents is 1. The predicted molar refractivity (Wildman–Crippen MR) is 90.9 cm³/mol. The number of amides is 1. The van der Waals surface area contributed by atoms with Crippen LogP contribution in [0.3, 0.4) is 0 Å². The Labute approximate surface area is 143 Å². The largest absolute Gasteiger partial charge is 0.378 e. The van der Waals surface area contributed by atoms with Gasteiger partial charge in [0.05, 0.1) is 18.1 Å². The van der Waals surface area contributed by atoms with Crippen LogP contribution in [0.15, 0.2) is 30.6 Å². The van der Waals surface area contributed by atoms with Gasteiger partial charge in [0.2, 0.25) is 0 Å². The number of aromatic nitrogens is 2. The summed E-state index contributed by atoms with van der Waals surface area (Å²) in [6, 6.07) is 6.07. The maximum absolute atomic E-state index is 12.5. The maximum Gasteiger partial charge on any atom is 0.273 e. The van der Waals surface area contributed by atoms with Gasteiger partial charge in [-0.15, -0.1) is 0 Å². The fraction of sp³-hybridized carbons (Fsp3) is 0.312. The van der Waals surface area contributed by atoms with E-state index in [1.54, 1.807) is 19.1 Å². The van der Waals surface area contributed by atoms with E-state index in [1.165, 1.54) is 18.5 Å². The number of benzene rings is 1. The summed E-state index contributed by atoms with van der Waals surface area (Å²) in [6.07, 6.45) is 1.38. The number of hydrogen-bond acceptors (Lipinski definition) is 7. The molecule has 9 nitrogen and oxygen atoms in total. The highest BCUT2D eigenvalue weighted by Gasteiger charge is 2.19. The fourth-order valence-electron chi connectivity index (χ4n) is 2.63. The van der Waals surface area contributed by atoms with Crippen LogP contribution in [0.1, 0.15) is 15.9 Å². The number of nitrogens with one attached hydrogen (secondary N) is 1. The molecule has 0 spiro atoms. The molecule has 0 aliphatic carbocycles. The molecule has 2 heterocycles. The van der Waals surface area contributed by atoms with Crippen LogP contribution in [0.2, 0.25) is 0 Å². The quantitative estimate of drug-likeness (QED) is 0.665. The number of anilines is 2. The van der Waals surface area contributed by atoms with Crippen LogP contribution in [0.25, 0.3) is 0 Å². The molecule has 1 saturated heterocycles. The molecule has 130 valence electrons. The van der Waals surface area contributed by atoms with E-state index in [2.05, 4.69) is 15.3 Å². The first-order chi connectivity index (χ1) is 12.1. The zero-order chi connectivity index (χ0) is 17.8. The minimum absolute atomic E-state index is 0.0932. The van der Waals surface area contributed by atoms with Gasteiger partial charge < -0.3 is 15.0 Å². The van der Waals surface area contributed by atoms with E-state index in [0.717, 1.165) is 0 Å². The summed E-state index contributed by atoms with van der Waals surface area (Å²) in [5.41, 5.74) is 0.456. The Hall–Kier alpha value is -3.07. The molecule has 1 aromatic heterocycles. The first kappa shape index (κ1) is 16.8. The van der Waals surface area contributed by atoms with E-state index in [4.69, 9.17) is 4.74 Å². The molecule has 0 bridgehead atoms. The topological polar surface area (TPSA) is 110 Å². The second-order valence-electron chi connectivity index (χ2n) is 5.52. The van der Waals surface area contributed by atoms with E-state index in [1.807, 2.05) is 4.90 Å². The molecule has 1 fully saturated rings. The highest BCUT2D eigenvalue weighted by atomic mass is 16.6. The Bertz CT molecular complexity index is 805. The number of nitrogens with zero attached hydrogens (tertiary/aromatic N) is 4. The van der Waals surface area contributed by atoms with E-state index < -0.39 is 10.8 Å². The number of nitro groups is 1. The molecule has 1 N–H and O–H groups in total. The van der Waals surface area contributed by atoms with Crippen molar-refractivity contribution in [2.24, 2.45) is 0 Å². The summed E-state index contributed by atoms with van der Waals surface area (Å²) in [4.78, 5) is 33.3. The molecule has 1 aliphatic heterocycles. The van der Waals surface area contributed by atoms with Crippen LogP contribution < -0.4 is 10.2 Å². The van der Waals surface area contributed by atoms with Crippen LogP contribution >= 0.6 is 0 Å². The molecule has 0 radical (unpaired) electrons. The molecule has 1 amide bonds. The van der Waals surface area contributed by atoms with Gasteiger partial charge in [0, 0.05) is 36.3 Å². The zero-order valence-electron chi connectivity index (χ0n) is 13.6. The molecule has 0 saturated carbocycles. The van der Waals surface area contributed by atoms with Crippen molar-refractivity contribution in [1.82, 2.24) is 9.97 Å². The van der Waals surface area contributed by atoms with Gasteiger partial charge in [0.25, 0.3) is 11.6 Å². The van der Waals surface area contributed by atoms with Gasteiger partial charge in [0.15, 0.2) is 0 Å². The van der Waals surface area contributed by atoms with Crippen molar-refractivity contribution in [3.8, 4) is 0 Å². The van der Waals surface area contributed by atoms with Crippen LogP contribution in [0.5, 0.6) is 0 Å². The van der Waals surface area contributed by atoms with E-state index in [9.17, 15) is 14.9 Å². The van der Waals surface area contributed by atoms with Gasteiger partial charge in [-0.2, -0.15) is 0 Å². The van der Waals surface area contributed by atoms with Gasteiger partial charge in [-0.05, 0) is 13.0 Å². The van der Waals surface area contributed by atoms with Gasteiger partial charge in [-0.1, -0.05) is 6.07 Å². The molecule has 1 aromatic carbocycles. The lowest BCUT2D eigenvalue weighted by Gasteiger charge is -2.27. The van der Waals surface area contributed by atoms with E-state index >= 15 is 0 Å². The Morgan fingerprint density at radius 1 is 1.32 bits per heavy atom. The average Bonchev–Trinajstić information content (AvgIpc) is 2.62. The number of rotatable bonds is 4. The third-order valence-corrected chi connectivity index (χ3v) is 3.98. The third kappa shape index (κ3) is 3.72. The third-order valence-electron chi connectivity index (χ3n) is 3.98. The van der Waals surface area contributed by atoms with Gasteiger partial charge in [0.1, 0.15) is 18.0 Å². The first-order valence-electron chi connectivity index (χ1n) is 7.76. The highest BCUT2D eigenvalue weighted by molar-refractivity contribution is 6.05. The van der Waals surface area contributed by atoms with Crippen LogP contribution in [0.4, 0.5) is 17.3 Å². The average molecular weight is 343 g/mol. The van der Waals surface area contributed by atoms with Crippen molar-refractivity contribution >= 4 is 23.2 Å². The molecule has 2 aromatic rings. The summed E-state index contributed by atoms with van der Waals surface area (Å²) in [6.45, 7) is 4.23. The minimum Gasteiger partial charge on any atom is -0.378 e. The first-order valence-corrected chi connectivity index (χ1v) is 7.76. The van der Waals surface area contributed by atoms with Crippen molar-refractivity contribution in [3.05, 3.63) is 51.8 Å². The lowest BCUT2D eigenvalue weighted by Crippen LogP contribution is -2.36. The van der Waals surface area contributed by atoms with Gasteiger partial charge in [-0.25, -0.2) is 9.97 Å². The van der Waals surface area contributed by atoms with E-state index in [0.29, 0.717) is 43.5 Å². The Morgan fingerprint density at radius 3 is 2.80 bits per heavy atom. The standard InChI is InChI=1S/C16H17N5O4/c1-11-12(3-2-4-13(11)21(23)24)16(22)19-14-9-15(18-10-17-14)20-5-7-25-8-6-20/h2-4,9-10H,5-8H2,1H3,(H,17,18,19,22). The van der Waals surface area contributed by atoms with Crippen LogP contribution in [-0.4, -0.2) is 47.1 Å². The van der Waals surface area contributed by atoms with Crippen LogP contribution in [0, 0.1) is 17.0 Å². The Balaban J connectivity index is 1.79. The zero-order valence-corrected chi connectivity index (χ0v) is 13.6. The van der Waals surface area contributed by atoms with Gasteiger partial charge >= 0.3 is 0 Å². The summed E-state index contributed by atoms with van der Waals surface area (Å²) in [7, 11) is 0. The number of ether oxygens (including phenoxy) is 1. The van der Waals surface area contributed by atoms with Crippen molar-refractivity contribution in [1.29, 1.82) is 0 Å². The maximum atomic E-state index is 12.5. The van der Waals surface area contributed by atoms with Crippen molar-refractivity contribution in [2.75, 3.05) is 36.5 Å². The second kappa shape index (κ2) is 7.22. The van der Waals surface area contributed by atoms with Crippen molar-refractivity contribution in [3.63, 3.8) is 0 Å². The molecular formula is C16H17N5O4. The second-order valence-corrected chi connectivity index (χ2v) is 5.52. The predicted octanol–water partition coefficient (Wildman–Crippen LogP) is 1.78. The molecular weight excluding hydrogens is 326 g/mol. The molecule has 25 heavy (non-hydrogen) atoms. The van der Waals surface area contributed by atoms with E-state index in [-0.39, 0.29) is 11.3 Å². The molecule has 1 aliphatic rings. The monoisotopic (exact) mass is 343 g/mol. The van der Waals surface area contributed by atoms with Crippen molar-refractivity contribution < 1.29 is 14.5 Å². The number of carbonyl (C=O) groups is 1. The number of hydrogen-bond donors (Lipinski definition) is 1. The van der Waals surface area contributed by atoms with Crippen LogP contribution in [-0.2, 0) is 4.74 Å². The lowest BCUT2D eigenvalue weighted by molar-refractivity contribution is -0.385. The Morgan fingerprint density at radius 2 is 2.08 bits per heavy atom. The van der Waals surface area contributed by atoms with Gasteiger partial charge in [-0.3, -0.25) is 14.9 Å². The molecule has 0 atom stereocenters. The Kier molecular flexibility index (Phi) is 4.85. The SMILES string of the molecule is Cc1c(C(=O)Nc2cc(N3CCOCC3)ncn2)cccc1[N+](=O)[O-]. The molecule has 3 rings (SSSR count). The fourth-order valence-corrected chi connectivity index (χ4v) is 2.63. The summed E-state index contributed by atoms with van der Waals surface area (Å²) in [5.74, 6) is 0.588. The smallest absolute Gasteiger partial charge is 0.273 e. The number of morpholine rings is 1. The summed E-state index contributed by atoms with van der Waals surface area (Å²) in [5, 5.41) is 13.7. The summed E-state index contributed by atoms with van der Waals surface area (Å²) >= 11 is 0. The molecule has 0 unspecified atom stereocenters. The highest BCUT2D eigenvalue weighted by Crippen LogP contribution is 2.22.